The van der Waals surface area contributed by atoms with E-state index < -0.39 is 0 Å². The van der Waals surface area contributed by atoms with E-state index in [-0.39, 0.29) is 0 Å². The van der Waals surface area contributed by atoms with Crippen LogP contribution in [0.25, 0.3) is 0 Å². The second-order valence-corrected chi connectivity index (χ2v) is 5.82. The van der Waals surface area contributed by atoms with Gasteiger partial charge in [-0.2, -0.15) is 0 Å². The van der Waals surface area contributed by atoms with Gasteiger partial charge in [0.25, 0.3) is 0 Å². The third kappa shape index (κ3) is 2.54. The van der Waals surface area contributed by atoms with Crippen molar-refractivity contribution in [1.29, 1.82) is 0 Å². The molecule has 0 radical (unpaired) electrons. The van der Waals surface area contributed by atoms with Crippen molar-refractivity contribution >= 4 is 0 Å². The Bertz CT molecular complexity index is 209. The first kappa shape index (κ1) is 11.4. The van der Waals surface area contributed by atoms with E-state index >= 15 is 0 Å². The van der Waals surface area contributed by atoms with E-state index in [1.165, 1.54) is 32.1 Å². The largest absolute Gasteiger partial charge is 0.377 e. The van der Waals surface area contributed by atoms with Gasteiger partial charge in [-0.1, -0.05) is 12.8 Å². The molecule has 0 amide bonds. The maximum absolute atomic E-state index is 5.61. The van der Waals surface area contributed by atoms with Crippen LogP contribution in [0.15, 0.2) is 0 Å². The summed E-state index contributed by atoms with van der Waals surface area (Å²) in [7, 11) is 0. The van der Waals surface area contributed by atoms with Crippen LogP contribution >= 0.6 is 0 Å². The van der Waals surface area contributed by atoms with Gasteiger partial charge in [0.1, 0.15) is 0 Å². The predicted octanol–water partition coefficient (Wildman–Crippen LogP) is 2.72. The van der Waals surface area contributed by atoms with Crippen molar-refractivity contribution in [1.82, 2.24) is 5.32 Å². The van der Waals surface area contributed by atoms with Gasteiger partial charge in [0.2, 0.25) is 0 Å². The number of hydrogen-bond acceptors (Lipinski definition) is 2. The summed E-state index contributed by atoms with van der Waals surface area (Å²) in [4.78, 5) is 0. The van der Waals surface area contributed by atoms with Crippen LogP contribution in [0.2, 0.25) is 0 Å². The lowest BCUT2D eigenvalue weighted by atomic mass is 9.85. The first-order valence-corrected chi connectivity index (χ1v) is 6.49. The van der Waals surface area contributed by atoms with Crippen LogP contribution in [0, 0.1) is 5.92 Å². The molecule has 88 valence electrons. The number of nitrogens with one attached hydrogen (secondary N) is 1. The number of rotatable bonds is 3. The third-order valence-corrected chi connectivity index (χ3v) is 4.31. The molecule has 1 aliphatic carbocycles. The Labute approximate surface area is 93.8 Å². The van der Waals surface area contributed by atoms with Crippen LogP contribution in [0.3, 0.4) is 0 Å². The number of hydrogen-bond donors (Lipinski definition) is 1. The quantitative estimate of drug-likeness (QED) is 0.775. The Kier molecular flexibility index (Phi) is 3.36. The average molecular weight is 211 g/mol. The van der Waals surface area contributed by atoms with Gasteiger partial charge in [-0.15, -0.1) is 0 Å². The highest BCUT2D eigenvalue weighted by Gasteiger charge is 2.36. The highest BCUT2D eigenvalue weighted by atomic mass is 16.5. The van der Waals surface area contributed by atoms with Crippen LogP contribution in [-0.4, -0.2) is 24.3 Å². The SMILES string of the molecule is CC1OCCC1NC(C)(C)C1CCCC1. The molecule has 2 rings (SSSR count). The van der Waals surface area contributed by atoms with Gasteiger partial charge in [0, 0.05) is 18.2 Å². The fraction of sp³-hybridized carbons (Fsp3) is 1.00. The van der Waals surface area contributed by atoms with E-state index in [2.05, 4.69) is 26.1 Å². The summed E-state index contributed by atoms with van der Waals surface area (Å²) in [6, 6.07) is 0.570. The molecule has 15 heavy (non-hydrogen) atoms. The van der Waals surface area contributed by atoms with Gasteiger partial charge < -0.3 is 10.1 Å². The van der Waals surface area contributed by atoms with Crippen molar-refractivity contribution < 1.29 is 4.74 Å². The molecule has 0 aromatic rings. The molecule has 0 spiro atoms. The lowest BCUT2D eigenvalue weighted by molar-refractivity contribution is 0.101. The van der Waals surface area contributed by atoms with E-state index in [1.54, 1.807) is 0 Å². The average Bonchev–Trinajstić information content (AvgIpc) is 2.77. The molecule has 2 heteroatoms. The molecule has 1 heterocycles. The monoisotopic (exact) mass is 211 g/mol. The summed E-state index contributed by atoms with van der Waals surface area (Å²) < 4.78 is 5.61. The molecule has 2 atom stereocenters. The fourth-order valence-corrected chi connectivity index (χ4v) is 3.16. The van der Waals surface area contributed by atoms with Crippen LogP contribution in [0.1, 0.15) is 52.9 Å². The molecular weight excluding hydrogens is 186 g/mol. The molecule has 0 aromatic carbocycles. The van der Waals surface area contributed by atoms with Crippen LogP contribution in [0.4, 0.5) is 0 Å². The second kappa shape index (κ2) is 4.42. The van der Waals surface area contributed by atoms with Gasteiger partial charge in [-0.25, -0.2) is 0 Å². The maximum Gasteiger partial charge on any atom is 0.0700 e. The van der Waals surface area contributed by atoms with E-state index in [9.17, 15) is 0 Å². The molecule has 1 saturated heterocycles. The molecule has 2 fully saturated rings. The Hall–Kier alpha value is -0.0800. The standard InChI is InChI=1S/C13H25NO/c1-10-12(8-9-15-10)14-13(2,3)11-6-4-5-7-11/h10-12,14H,4-9H2,1-3H3. The molecular formula is C13H25NO. The third-order valence-electron chi connectivity index (χ3n) is 4.31. The van der Waals surface area contributed by atoms with Crippen molar-refractivity contribution in [2.45, 2.75) is 70.6 Å². The van der Waals surface area contributed by atoms with Crippen molar-refractivity contribution in [3.05, 3.63) is 0 Å². The van der Waals surface area contributed by atoms with Crippen molar-refractivity contribution in [2.75, 3.05) is 6.61 Å². The van der Waals surface area contributed by atoms with E-state index in [4.69, 9.17) is 4.74 Å². The Morgan fingerprint density at radius 3 is 2.33 bits per heavy atom. The maximum atomic E-state index is 5.61. The topological polar surface area (TPSA) is 21.3 Å². The second-order valence-electron chi connectivity index (χ2n) is 5.82. The molecule has 2 nitrogen and oxygen atoms in total. The van der Waals surface area contributed by atoms with Crippen molar-refractivity contribution in [3.8, 4) is 0 Å². The predicted molar refractivity (Wildman–Crippen MR) is 63.0 cm³/mol. The minimum Gasteiger partial charge on any atom is -0.377 e. The molecule has 1 saturated carbocycles. The Balaban J connectivity index is 1.90. The Morgan fingerprint density at radius 2 is 1.80 bits per heavy atom. The molecule has 2 aliphatic rings. The summed E-state index contributed by atoms with van der Waals surface area (Å²) in [5.41, 5.74) is 0.295. The summed E-state index contributed by atoms with van der Waals surface area (Å²) in [6.45, 7) is 7.86. The van der Waals surface area contributed by atoms with E-state index in [0.29, 0.717) is 17.7 Å². The van der Waals surface area contributed by atoms with E-state index in [1.807, 2.05) is 0 Å². The normalized spacial score (nSPS) is 33.8. The van der Waals surface area contributed by atoms with Gasteiger partial charge in [-0.3, -0.25) is 0 Å². The van der Waals surface area contributed by atoms with Gasteiger partial charge in [0.15, 0.2) is 0 Å². The molecule has 1 N–H and O–H groups in total. The minimum absolute atomic E-state index is 0.295. The summed E-state index contributed by atoms with van der Waals surface area (Å²) in [5.74, 6) is 0.866. The lowest BCUT2D eigenvalue weighted by Crippen LogP contribution is -2.52. The van der Waals surface area contributed by atoms with Crippen molar-refractivity contribution in [3.63, 3.8) is 0 Å². The van der Waals surface area contributed by atoms with Gasteiger partial charge in [-0.05, 0) is 46.0 Å². The minimum atomic E-state index is 0.295. The molecule has 1 aliphatic heterocycles. The smallest absolute Gasteiger partial charge is 0.0700 e. The Morgan fingerprint density at radius 1 is 1.13 bits per heavy atom. The molecule has 0 aromatic heterocycles. The van der Waals surface area contributed by atoms with Crippen molar-refractivity contribution in [2.24, 2.45) is 5.92 Å². The zero-order chi connectivity index (χ0) is 10.9. The lowest BCUT2D eigenvalue weighted by Gasteiger charge is -2.36. The van der Waals surface area contributed by atoms with E-state index in [0.717, 1.165) is 12.5 Å². The zero-order valence-electron chi connectivity index (χ0n) is 10.4. The first-order chi connectivity index (χ1) is 7.09. The van der Waals surface area contributed by atoms with Crippen LogP contribution in [0.5, 0.6) is 0 Å². The first-order valence-electron chi connectivity index (χ1n) is 6.49. The molecule has 2 unspecified atom stereocenters. The zero-order valence-corrected chi connectivity index (χ0v) is 10.4. The highest BCUT2D eigenvalue weighted by molar-refractivity contribution is 4.93. The summed E-state index contributed by atoms with van der Waals surface area (Å²) in [6.07, 6.45) is 7.23. The van der Waals surface area contributed by atoms with Gasteiger partial charge >= 0.3 is 0 Å². The van der Waals surface area contributed by atoms with Crippen LogP contribution < -0.4 is 5.32 Å². The summed E-state index contributed by atoms with van der Waals surface area (Å²) >= 11 is 0. The number of ether oxygens (including phenoxy) is 1. The van der Waals surface area contributed by atoms with Gasteiger partial charge in [0.05, 0.1) is 6.10 Å². The van der Waals surface area contributed by atoms with Crippen LogP contribution in [-0.2, 0) is 4.74 Å². The molecule has 0 bridgehead atoms. The summed E-state index contributed by atoms with van der Waals surface area (Å²) in [5, 5.41) is 3.82. The highest BCUT2D eigenvalue weighted by Crippen LogP contribution is 2.34. The fourth-order valence-electron chi connectivity index (χ4n) is 3.16.